The average molecular weight is 284 g/mol. The summed E-state index contributed by atoms with van der Waals surface area (Å²) in [4.78, 5) is 6.91. The molecule has 0 atom stereocenters. The van der Waals surface area contributed by atoms with Crippen molar-refractivity contribution in [3.63, 3.8) is 0 Å². The number of aromatic amines is 1. The molecule has 0 bridgehead atoms. The number of nitrogens with one attached hydrogen (secondary N) is 2. The van der Waals surface area contributed by atoms with E-state index < -0.39 is 10.0 Å². The smallest absolute Gasteiger partial charge is 0.243 e. The van der Waals surface area contributed by atoms with E-state index in [9.17, 15) is 8.42 Å². The van der Waals surface area contributed by atoms with Gasteiger partial charge in [-0.15, -0.1) is 0 Å². The highest BCUT2D eigenvalue weighted by atomic mass is 32.2. The van der Waals surface area contributed by atoms with Crippen LogP contribution in [-0.2, 0) is 23.0 Å². The number of hydrogen-bond acceptors (Lipinski definition) is 5. The van der Waals surface area contributed by atoms with Crippen molar-refractivity contribution in [1.29, 1.82) is 0 Å². The Kier molecular flexibility index (Phi) is 4.30. The topological polar surface area (TPSA) is 119 Å². The number of hydrogen-bond donors (Lipinski definition) is 3. The summed E-state index contributed by atoms with van der Waals surface area (Å²) in [5, 5.41) is 3.93. The molecule has 0 aromatic carbocycles. The third kappa shape index (κ3) is 3.63. The molecule has 0 radical (unpaired) electrons. The lowest BCUT2D eigenvalue weighted by Crippen LogP contribution is -2.25. The molecule has 0 spiro atoms. The molecule has 0 aliphatic rings. The molecule has 0 unspecified atom stereocenters. The molecule has 4 N–H and O–H groups in total. The molecule has 0 aliphatic carbocycles. The second kappa shape index (κ2) is 5.95. The number of aromatic nitrogens is 4. The first-order valence-corrected chi connectivity index (χ1v) is 7.29. The van der Waals surface area contributed by atoms with Gasteiger partial charge in [0.1, 0.15) is 4.90 Å². The summed E-state index contributed by atoms with van der Waals surface area (Å²) in [6.07, 6.45) is 6.55. The molecular weight excluding hydrogens is 268 g/mol. The van der Waals surface area contributed by atoms with Gasteiger partial charge in [-0.05, 0) is 0 Å². The first kappa shape index (κ1) is 13.7. The Balaban J connectivity index is 1.93. The van der Waals surface area contributed by atoms with Crippen LogP contribution in [0.25, 0.3) is 0 Å². The third-order valence-electron chi connectivity index (χ3n) is 2.52. The van der Waals surface area contributed by atoms with Gasteiger partial charge in [-0.2, -0.15) is 5.10 Å². The quantitative estimate of drug-likeness (QED) is 0.608. The summed E-state index contributed by atoms with van der Waals surface area (Å²) in [5.41, 5.74) is 6.25. The molecule has 104 valence electrons. The Hall–Kier alpha value is -1.71. The molecule has 2 rings (SSSR count). The number of H-pyrrole nitrogens is 1. The maximum absolute atomic E-state index is 12.0. The zero-order valence-corrected chi connectivity index (χ0v) is 11.1. The summed E-state index contributed by atoms with van der Waals surface area (Å²) >= 11 is 0. The number of rotatable bonds is 7. The highest BCUT2D eigenvalue weighted by Gasteiger charge is 2.15. The molecule has 0 saturated heterocycles. The lowest BCUT2D eigenvalue weighted by molar-refractivity contribution is 0.580. The molecule has 9 heteroatoms. The van der Waals surface area contributed by atoms with Gasteiger partial charge in [0.05, 0.1) is 19.1 Å². The van der Waals surface area contributed by atoms with Crippen LogP contribution in [-0.4, -0.2) is 41.3 Å². The maximum Gasteiger partial charge on any atom is 0.243 e. The van der Waals surface area contributed by atoms with Crippen LogP contribution >= 0.6 is 0 Å². The summed E-state index contributed by atoms with van der Waals surface area (Å²) in [6, 6.07) is 0. The van der Waals surface area contributed by atoms with Crippen LogP contribution < -0.4 is 10.5 Å². The summed E-state index contributed by atoms with van der Waals surface area (Å²) in [7, 11) is -3.52. The zero-order valence-electron chi connectivity index (χ0n) is 10.3. The summed E-state index contributed by atoms with van der Waals surface area (Å²) < 4.78 is 27.9. The Morgan fingerprint density at radius 1 is 1.42 bits per heavy atom. The van der Waals surface area contributed by atoms with E-state index in [0.29, 0.717) is 26.1 Å². The summed E-state index contributed by atoms with van der Waals surface area (Å²) in [6.45, 7) is 1.20. The number of nitrogens with zero attached hydrogens (tertiary/aromatic N) is 3. The average Bonchev–Trinajstić information content (AvgIpc) is 3.00. The molecule has 0 fully saturated rings. The fourth-order valence-electron chi connectivity index (χ4n) is 1.56. The predicted molar refractivity (Wildman–Crippen MR) is 68.8 cm³/mol. The normalized spacial score (nSPS) is 11.8. The van der Waals surface area contributed by atoms with Crippen molar-refractivity contribution in [2.75, 3.05) is 13.1 Å². The van der Waals surface area contributed by atoms with Crippen molar-refractivity contribution >= 4 is 10.0 Å². The van der Waals surface area contributed by atoms with Crippen molar-refractivity contribution in [1.82, 2.24) is 24.5 Å². The zero-order chi connectivity index (χ0) is 13.7. The van der Waals surface area contributed by atoms with Gasteiger partial charge in [0, 0.05) is 37.6 Å². The Bertz CT molecular complexity index is 604. The molecule has 8 nitrogen and oxygen atoms in total. The van der Waals surface area contributed by atoms with Crippen LogP contribution in [0.3, 0.4) is 0 Å². The van der Waals surface area contributed by atoms with Crippen molar-refractivity contribution < 1.29 is 8.42 Å². The van der Waals surface area contributed by atoms with E-state index in [0.717, 1.165) is 5.69 Å². The second-order valence-corrected chi connectivity index (χ2v) is 5.72. The van der Waals surface area contributed by atoms with Crippen LogP contribution in [0, 0.1) is 0 Å². The van der Waals surface area contributed by atoms with Crippen molar-refractivity contribution in [3.05, 3.63) is 30.6 Å². The predicted octanol–water partition coefficient (Wildman–Crippen LogP) is -0.914. The molecule has 0 amide bonds. The molecular formula is C10H16N6O2S. The second-order valence-electron chi connectivity index (χ2n) is 3.95. The van der Waals surface area contributed by atoms with E-state index in [1.165, 1.54) is 17.1 Å². The van der Waals surface area contributed by atoms with Gasteiger partial charge in [-0.1, -0.05) is 0 Å². The van der Waals surface area contributed by atoms with Gasteiger partial charge in [0.2, 0.25) is 10.0 Å². The van der Waals surface area contributed by atoms with Crippen LogP contribution in [0.4, 0.5) is 0 Å². The fraction of sp³-hybridized carbons (Fsp3) is 0.400. The van der Waals surface area contributed by atoms with E-state index >= 15 is 0 Å². The van der Waals surface area contributed by atoms with Gasteiger partial charge in [0.15, 0.2) is 0 Å². The minimum absolute atomic E-state index is 0.144. The van der Waals surface area contributed by atoms with Crippen molar-refractivity contribution in [3.8, 4) is 0 Å². The van der Waals surface area contributed by atoms with E-state index in [2.05, 4.69) is 19.8 Å². The Morgan fingerprint density at radius 2 is 2.26 bits per heavy atom. The van der Waals surface area contributed by atoms with Crippen LogP contribution in [0.2, 0.25) is 0 Å². The molecule has 2 aromatic heterocycles. The summed E-state index contributed by atoms with van der Waals surface area (Å²) in [5.74, 6) is 0. The number of sulfonamides is 1. The number of imidazole rings is 1. The molecule has 2 aromatic rings. The molecule has 0 aliphatic heterocycles. The SMILES string of the molecule is NCCn1cc(S(=O)(=O)NCCc2cnc[nH]2)cn1. The fourth-order valence-corrected chi connectivity index (χ4v) is 2.55. The minimum Gasteiger partial charge on any atom is -0.348 e. The monoisotopic (exact) mass is 284 g/mol. The van der Waals surface area contributed by atoms with E-state index in [4.69, 9.17) is 5.73 Å². The van der Waals surface area contributed by atoms with Crippen LogP contribution in [0.15, 0.2) is 29.8 Å². The maximum atomic E-state index is 12.0. The lowest BCUT2D eigenvalue weighted by Gasteiger charge is -2.03. The lowest BCUT2D eigenvalue weighted by atomic mass is 10.3. The van der Waals surface area contributed by atoms with E-state index in [1.54, 1.807) is 12.5 Å². The molecule has 0 saturated carbocycles. The van der Waals surface area contributed by atoms with Crippen molar-refractivity contribution in [2.45, 2.75) is 17.9 Å². The first-order valence-electron chi connectivity index (χ1n) is 5.81. The van der Waals surface area contributed by atoms with Gasteiger partial charge < -0.3 is 10.7 Å². The highest BCUT2D eigenvalue weighted by molar-refractivity contribution is 7.89. The minimum atomic E-state index is -3.52. The van der Waals surface area contributed by atoms with E-state index in [-0.39, 0.29) is 4.90 Å². The van der Waals surface area contributed by atoms with Gasteiger partial charge in [-0.3, -0.25) is 4.68 Å². The molecule has 19 heavy (non-hydrogen) atoms. The molecule has 2 heterocycles. The van der Waals surface area contributed by atoms with Gasteiger partial charge in [-0.25, -0.2) is 18.1 Å². The number of nitrogens with two attached hydrogens (primary N) is 1. The third-order valence-corrected chi connectivity index (χ3v) is 3.93. The van der Waals surface area contributed by atoms with Gasteiger partial charge >= 0.3 is 0 Å². The van der Waals surface area contributed by atoms with Crippen LogP contribution in [0.1, 0.15) is 5.69 Å². The van der Waals surface area contributed by atoms with Gasteiger partial charge in [0.25, 0.3) is 0 Å². The Labute approximate surface area is 111 Å². The largest absolute Gasteiger partial charge is 0.348 e. The highest BCUT2D eigenvalue weighted by Crippen LogP contribution is 2.06. The van der Waals surface area contributed by atoms with Crippen molar-refractivity contribution in [2.24, 2.45) is 5.73 Å². The Morgan fingerprint density at radius 3 is 2.95 bits per heavy atom. The first-order chi connectivity index (χ1) is 9.12. The van der Waals surface area contributed by atoms with Crippen LogP contribution in [0.5, 0.6) is 0 Å². The standard InChI is InChI=1S/C10H16N6O2S/c11-2-4-16-7-10(6-14-16)19(17,18)15-3-1-9-5-12-8-13-9/h5-8,15H,1-4,11H2,(H,12,13). The van der Waals surface area contributed by atoms with E-state index in [1.807, 2.05) is 0 Å².